The molecule has 0 atom stereocenters. The van der Waals surface area contributed by atoms with E-state index in [0.717, 1.165) is 37.8 Å². The normalized spacial score (nSPS) is 17.4. The van der Waals surface area contributed by atoms with E-state index in [9.17, 15) is 0 Å². The lowest BCUT2D eigenvalue weighted by Crippen LogP contribution is -2.45. The van der Waals surface area contributed by atoms with E-state index in [4.69, 9.17) is 11.5 Å². The Bertz CT molecular complexity index is 423. The van der Waals surface area contributed by atoms with Crippen LogP contribution in [0.3, 0.4) is 0 Å². The lowest BCUT2D eigenvalue weighted by atomic mass is 10.2. The van der Waals surface area contributed by atoms with Crippen LogP contribution < -0.4 is 16.4 Å². The Morgan fingerprint density at radius 3 is 2.22 bits per heavy atom. The zero-order chi connectivity index (χ0) is 13.3. The van der Waals surface area contributed by atoms with E-state index < -0.39 is 0 Å². The largest absolute Gasteiger partial charge is 0.393 e. The zero-order valence-corrected chi connectivity index (χ0v) is 11.3. The lowest BCUT2D eigenvalue weighted by molar-refractivity contribution is 0.312. The van der Waals surface area contributed by atoms with E-state index >= 15 is 0 Å². The highest BCUT2D eigenvalue weighted by molar-refractivity contribution is 5.73. The molecule has 2 heterocycles. The fraction of sp³-hybridized carbons (Fsp3) is 0.667. The second-order valence-corrected chi connectivity index (χ2v) is 5.15. The fourth-order valence-electron chi connectivity index (χ4n) is 2.01. The highest BCUT2D eigenvalue weighted by atomic mass is 15.3. The van der Waals surface area contributed by atoms with Gasteiger partial charge < -0.3 is 21.3 Å². The molecule has 1 aromatic rings. The van der Waals surface area contributed by atoms with Crippen molar-refractivity contribution in [3.63, 3.8) is 0 Å². The first-order chi connectivity index (χ1) is 8.49. The molecule has 100 valence electrons. The zero-order valence-electron chi connectivity index (χ0n) is 11.3. The van der Waals surface area contributed by atoms with E-state index in [1.807, 2.05) is 0 Å². The summed E-state index contributed by atoms with van der Waals surface area (Å²) in [6.45, 7) is 7.99. The topological polar surface area (TPSA) is 84.3 Å². The molecule has 0 aromatic carbocycles. The molecule has 18 heavy (non-hydrogen) atoms. The van der Waals surface area contributed by atoms with Crippen molar-refractivity contribution in [1.82, 2.24) is 14.9 Å². The molecule has 1 aliphatic rings. The maximum absolute atomic E-state index is 6.01. The van der Waals surface area contributed by atoms with Gasteiger partial charge in [0.25, 0.3) is 0 Å². The van der Waals surface area contributed by atoms with Crippen molar-refractivity contribution in [2.24, 2.45) is 0 Å². The number of nitrogens with zero attached hydrogens (tertiary/aromatic N) is 4. The van der Waals surface area contributed by atoms with Crippen LogP contribution in [0.15, 0.2) is 0 Å². The van der Waals surface area contributed by atoms with Crippen molar-refractivity contribution < 1.29 is 0 Å². The van der Waals surface area contributed by atoms with Gasteiger partial charge in [-0.15, -0.1) is 0 Å². The van der Waals surface area contributed by atoms with Crippen LogP contribution in [0, 0.1) is 0 Å². The van der Waals surface area contributed by atoms with E-state index in [2.05, 4.69) is 40.7 Å². The molecule has 2 rings (SSSR count). The first-order valence-corrected chi connectivity index (χ1v) is 6.35. The summed E-state index contributed by atoms with van der Waals surface area (Å²) in [6.07, 6.45) is 0. The maximum Gasteiger partial charge on any atom is 0.157 e. The third-order valence-electron chi connectivity index (χ3n) is 3.29. The van der Waals surface area contributed by atoms with E-state index in [0.29, 0.717) is 11.5 Å². The second-order valence-electron chi connectivity index (χ2n) is 5.15. The molecule has 1 saturated heterocycles. The van der Waals surface area contributed by atoms with Crippen LogP contribution in [-0.4, -0.2) is 48.1 Å². The first-order valence-electron chi connectivity index (χ1n) is 6.35. The van der Waals surface area contributed by atoms with Crippen molar-refractivity contribution in [3.8, 4) is 0 Å². The Morgan fingerprint density at radius 1 is 1.06 bits per heavy atom. The monoisotopic (exact) mass is 250 g/mol. The Morgan fingerprint density at radius 2 is 1.67 bits per heavy atom. The van der Waals surface area contributed by atoms with Crippen LogP contribution in [0.1, 0.15) is 25.6 Å². The lowest BCUT2D eigenvalue weighted by Gasteiger charge is -2.34. The molecule has 0 bridgehead atoms. The van der Waals surface area contributed by atoms with Crippen LogP contribution >= 0.6 is 0 Å². The molecule has 4 N–H and O–H groups in total. The molecular formula is C12H22N6. The van der Waals surface area contributed by atoms with Gasteiger partial charge in [-0.2, -0.15) is 0 Å². The van der Waals surface area contributed by atoms with Crippen LogP contribution in [0.4, 0.5) is 17.3 Å². The van der Waals surface area contributed by atoms with Gasteiger partial charge in [0.15, 0.2) is 11.6 Å². The van der Waals surface area contributed by atoms with Crippen molar-refractivity contribution in [3.05, 3.63) is 5.82 Å². The fourth-order valence-corrected chi connectivity index (χ4v) is 2.01. The number of nitrogen functional groups attached to an aromatic ring is 2. The molecule has 0 spiro atoms. The smallest absolute Gasteiger partial charge is 0.157 e. The minimum absolute atomic E-state index is 0.249. The van der Waals surface area contributed by atoms with Gasteiger partial charge in [-0.1, -0.05) is 13.8 Å². The summed E-state index contributed by atoms with van der Waals surface area (Å²) in [4.78, 5) is 13.3. The van der Waals surface area contributed by atoms with Crippen molar-refractivity contribution in [2.45, 2.75) is 19.8 Å². The van der Waals surface area contributed by atoms with Gasteiger partial charge >= 0.3 is 0 Å². The molecule has 1 fully saturated rings. The number of nitrogens with two attached hydrogens (primary N) is 2. The van der Waals surface area contributed by atoms with Crippen molar-refractivity contribution >= 4 is 17.3 Å². The molecule has 0 amide bonds. The summed E-state index contributed by atoms with van der Waals surface area (Å²) in [5.41, 5.74) is 12.4. The summed E-state index contributed by atoms with van der Waals surface area (Å²) < 4.78 is 0. The highest BCUT2D eigenvalue weighted by Gasteiger charge is 2.20. The number of anilines is 3. The van der Waals surface area contributed by atoms with Crippen LogP contribution in [0.25, 0.3) is 0 Å². The van der Waals surface area contributed by atoms with E-state index in [-0.39, 0.29) is 5.92 Å². The molecular weight excluding hydrogens is 228 g/mol. The van der Waals surface area contributed by atoms with Gasteiger partial charge in [0, 0.05) is 32.1 Å². The number of piperazine rings is 1. The molecule has 0 unspecified atom stereocenters. The number of rotatable bonds is 2. The molecule has 1 aliphatic heterocycles. The quantitative estimate of drug-likeness (QED) is 0.796. The molecule has 0 radical (unpaired) electrons. The SMILES string of the molecule is CC(C)c1nc(N)c(N)c(N2CCN(C)CC2)n1. The summed E-state index contributed by atoms with van der Waals surface area (Å²) >= 11 is 0. The number of likely N-dealkylation sites (N-methyl/N-ethyl adjacent to an activating group) is 1. The summed E-state index contributed by atoms with van der Waals surface area (Å²) in [5.74, 6) is 2.19. The number of hydrogen-bond acceptors (Lipinski definition) is 6. The summed E-state index contributed by atoms with van der Waals surface area (Å²) in [5, 5.41) is 0. The van der Waals surface area contributed by atoms with E-state index in [1.165, 1.54) is 0 Å². The van der Waals surface area contributed by atoms with Crippen molar-refractivity contribution in [2.75, 3.05) is 49.6 Å². The van der Waals surface area contributed by atoms with Crippen LogP contribution in [-0.2, 0) is 0 Å². The molecule has 0 aliphatic carbocycles. The van der Waals surface area contributed by atoms with Gasteiger partial charge in [-0.3, -0.25) is 0 Å². The Labute approximate surface area is 108 Å². The average molecular weight is 250 g/mol. The van der Waals surface area contributed by atoms with Gasteiger partial charge in [-0.25, -0.2) is 9.97 Å². The van der Waals surface area contributed by atoms with Crippen LogP contribution in [0.5, 0.6) is 0 Å². The number of hydrogen-bond donors (Lipinski definition) is 2. The van der Waals surface area contributed by atoms with Gasteiger partial charge in [0.05, 0.1) is 0 Å². The third-order valence-corrected chi connectivity index (χ3v) is 3.29. The number of aromatic nitrogens is 2. The summed E-state index contributed by atoms with van der Waals surface area (Å²) in [6, 6.07) is 0. The summed E-state index contributed by atoms with van der Waals surface area (Å²) in [7, 11) is 2.12. The first kappa shape index (κ1) is 12.9. The van der Waals surface area contributed by atoms with Gasteiger partial charge in [0.2, 0.25) is 0 Å². The van der Waals surface area contributed by atoms with Gasteiger partial charge in [0.1, 0.15) is 11.5 Å². The second kappa shape index (κ2) is 4.97. The van der Waals surface area contributed by atoms with E-state index in [1.54, 1.807) is 0 Å². The maximum atomic E-state index is 6.01. The molecule has 0 saturated carbocycles. The predicted molar refractivity (Wildman–Crippen MR) is 74.7 cm³/mol. The molecule has 1 aromatic heterocycles. The predicted octanol–water partition coefficient (Wildman–Crippen LogP) is 0.516. The minimum Gasteiger partial charge on any atom is -0.393 e. The molecule has 6 heteroatoms. The Hall–Kier alpha value is -1.56. The molecule has 6 nitrogen and oxygen atoms in total. The average Bonchev–Trinajstić information content (AvgIpc) is 2.33. The van der Waals surface area contributed by atoms with Crippen molar-refractivity contribution in [1.29, 1.82) is 0 Å². The van der Waals surface area contributed by atoms with Gasteiger partial charge in [-0.05, 0) is 7.05 Å². The standard InChI is InChI=1S/C12H22N6/c1-8(2)11-15-10(14)9(13)12(16-11)18-6-4-17(3)5-7-18/h8H,4-7,13H2,1-3H3,(H2,14,15,16). The third kappa shape index (κ3) is 2.48. The Balaban J connectivity index is 2.31. The Kier molecular flexibility index (Phi) is 3.56. The minimum atomic E-state index is 0.249. The highest BCUT2D eigenvalue weighted by Crippen LogP contribution is 2.27. The van der Waals surface area contributed by atoms with Crippen LogP contribution in [0.2, 0.25) is 0 Å².